The van der Waals surface area contributed by atoms with Gasteiger partial charge in [-0.05, 0) is 56.2 Å². The number of hydrogen-bond acceptors (Lipinski definition) is 4. The van der Waals surface area contributed by atoms with E-state index >= 15 is 0 Å². The monoisotopic (exact) mass is 349 g/mol. The van der Waals surface area contributed by atoms with Crippen LogP contribution in [-0.2, 0) is 17.6 Å². The molecule has 0 bridgehead atoms. The fourth-order valence-electron chi connectivity index (χ4n) is 2.97. The fourth-order valence-corrected chi connectivity index (χ4v) is 4.48. The van der Waals surface area contributed by atoms with Crippen LogP contribution in [0.15, 0.2) is 24.5 Å². The van der Waals surface area contributed by atoms with Crippen molar-refractivity contribution in [2.45, 2.75) is 44.6 Å². The number of aryl methyl sites for hydroxylation is 2. The molecule has 1 atom stereocenters. The Morgan fingerprint density at radius 3 is 2.91 bits per heavy atom. The van der Waals surface area contributed by atoms with Gasteiger partial charge in [0.15, 0.2) is 5.13 Å². The molecule has 0 radical (unpaired) electrons. The number of thioether (sulfide) groups is 1. The lowest BCUT2D eigenvalue weighted by Gasteiger charge is -2.17. The summed E-state index contributed by atoms with van der Waals surface area (Å²) >= 11 is 3.43. The quantitative estimate of drug-likeness (QED) is 0.797. The Bertz CT molecular complexity index is 613. The lowest BCUT2D eigenvalue weighted by Crippen LogP contribution is -2.25. The van der Waals surface area contributed by atoms with Gasteiger partial charge in [-0.2, -0.15) is 11.8 Å². The van der Waals surface area contributed by atoms with Crippen molar-refractivity contribution in [1.29, 1.82) is 0 Å². The molecule has 0 fully saturated rings. The van der Waals surface area contributed by atoms with Gasteiger partial charge in [-0.15, -0.1) is 11.3 Å². The minimum absolute atomic E-state index is 0.0409. The first kappa shape index (κ1) is 16.6. The molecule has 1 aliphatic rings. The maximum atomic E-state index is 12.7. The topological polar surface area (TPSA) is 46.9 Å². The molecule has 3 rings (SSSR count). The molecule has 0 aromatic carbocycles. The summed E-state index contributed by atoms with van der Waals surface area (Å²) in [5.41, 5.74) is 1.20. The van der Waals surface area contributed by atoms with Gasteiger partial charge in [0.05, 0.1) is 5.69 Å². The van der Waals surface area contributed by atoms with Crippen molar-refractivity contribution in [3.63, 3.8) is 0 Å². The van der Waals surface area contributed by atoms with E-state index in [1.54, 1.807) is 23.1 Å². The van der Waals surface area contributed by atoms with E-state index in [0.717, 1.165) is 30.1 Å². The summed E-state index contributed by atoms with van der Waals surface area (Å²) in [6.45, 7) is 0. The zero-order chi connectivity index (χ0) is 16.1. The molecular weight excluding hydrogens is 326 g/mol. The molecular formula is C17H23N3OS2. The van der Waals surface area contributed by atoms with Gasteiger partial charge in [-0.25, -0.2) is 4.98 Å². The number of anilines is 1. The van der Waals surface area contributed by atoms with Crippen molar-refractivity contribution >= 4 is 34.1 Å². The van der Waals surface area contributed by atoms with Crippen LogP contribution < -0.4 is 5.32 Å². The molecule has 4 nitrogen and oxygen atoms in total. The SMILES string of the molecule is CSCCC(C(=O)Nc1nc2c(s1)CCCCC2)n1cccc1. The largest absolute Gasteiger partial charge is 0.342 e. The Hall–Kier alpha value is -1.27. The van der Waals surface area contributed by atoms with Crippen molar-refractivity contribution in [3.05, 3.63) is 35.1 Å². The Labute approximate surface area is 145 Å². The van der Waals surface area contributed by atoms with Gasteiger partial charge in [0, 0.05) is 17.3 Å². The zero-order valence-electron chi connectivity index (χ0n) is 13.5. The number of thiazole rings is 1. The number of fused-ring (bicyclic) bond motifs is 1. The van der Waals surface area contributed by atoms with E-state index < -0.39 is 0 Å². The lowest BCUT2D eigenvalue weighted by atomic mass is 10.2. The molecule has 1 unspecified atom stereocenters. The number of aromatic nitrogens is 2. The van der Waals surface area contributed by atoms with Gasteiger partial charge in [0.25, 0.3) is 0 Å². The molecule has 0 aliphatic heterocycles. The Morgan fingerprint density at radius 2 is 2.13 bits per heavy atom. The van der Waals surface area contributed by atoms with Crippen LogP contribution in [0.1, 0.15) is 42.3 Å². The molecule has 2 aromatic rings. The average molecular weight is 350 g/mol. The summed E-state index contributed by atoms with van der Waals surface area (Å²) in [4.78, 5) is 18.8. The van der Waals surface area contributed by atoms with Crippen molar-refractivity contribution < 1.29 is 4.79 Å². The highest BCUT2D eigenvalue weighted by Gasteiger charge is 2.22. The number of carbonyl (C=O) groups excluding carboxylic acids is 1. The maximum absolute atomic E-state index is 12.7. The van der Waals surface area contributed by atoms with Crippen molar-refractivity contribution in [2.24, 2.45) is 0 Å². The summed E-state index contributed by atoms with van der Waals surface area (Å²) in [6, 6.07) is 3.76. The third kappa shape index (κ3) is 4.18. The zero-order valence-corrected chi connectivity index (χ0v) is 15.1. The van der Waals surface area contributed by atoms with Crippen molar-refractivity contribution in [3.8, 4) is 0 Å². The molecule has 0 spiro atoms. The molecule has 6 heteroatoms. The molecule has 1 amide bonds. The molecule has 0 saturated carbocycles. The predicted octanol–water partition coefficient (Wildman–Crippen LogP) is 4.15. The van der Waals surface area contributed by atoms with E-state index in [0.29, 0.717) is 0 Å². The minimum Gasteiger partial charge on any atom is -0.342 e. The van der Waals surface area contributed by atoms with Crippen LogP contribution >= 0.6 is 23.1 Å². The smallest absolute Gasteiger partial charge is 0.249 e. The van der Waals surface area contributed by atoms with Crippen molar-refractivity contribution in [2.75, 3.05) is 17.3 Å². The summed E-state index contributed by atoms with van der Waals surface area (Å²) in [6.07, 6.45) is 12.7. The molecule has 124 valence electrons. The van der Waals surface area contributed by atoms with Gasteiger partial charge in [-0.1, -0.05) is 6.42 Å². The highest BCUT2D eigenvalue weighted by molar-refractivity contribution is 7.98. The number of nitrogens with one attached hydrogen (secondary N) is 1. The third-order valence-electron chi connectivity index (χ3n) is 4.21. The Balaban J connectivity index is 1.71. The molecule has 1 aliphatic carbocycles. The number of nitrogens with zero attached hydrogens (tertiary/aromatic N) is 2. The van der Waals surface area contributed by atoms with E-state index in [-0.39, 0.29) is 11.9 Å². The first-order chi connectivity index (χ1) is 11.3. The van der Waals surface area contributed by atoms with Gasteiger partial charge in [0.1, 0.15) is 6.04 Å². The van der Waals surface area contributed by atoms with Crippen molar-refractivity contribution in [1.82, 2.24) is 9.55 Å². The summed E-state index contributed by atoms with van der Waals surface area (Å²) < 4.78 is 1.99. The summed E-state index contributed by atoms with van der Waals surface area (Å²) in [5.74, 6) is 1.00. The van der Waals surface area contributed by atoms with E-state index in [2.05, 4.69) is 16.6 Å². The standard InChI is InChI=1S/C17H23N3OS2/c1-22-12-9-14(20-10-5-6-11-20)16(21)19-17-18-13-7-3-2-4-8-15(13)23-17/h5-6,10-11,14H,2-4,7-9,12H2,1H3,(H,18,19,21). The van der Waals surface area contributed by atoms with E-state index in [4.69, 9.17) is 0 Å². The van der Waals surface area contributed by atoms with E-state index in [1.807, 2.05) is 29.1 Å². The fraction of sp³-hybridized carbons (Fsp3) is 0.529. The lowest BCUT2D eigenvalue weighted by molar-refractivity contribution is -0.119. The second-order valence-electron chi connectivity index (χ2n) is 5.87. The molecule has 23 heavy (non-hydrogen) atoms. The number of amides is 1. The van der Waals surface area contributed by atoms with Crippen LogP contribution in [0.5, 0.6) is 0 Å². The van der Waals surface area contributed by atoms with Crippen LogP contribution in [0.25, 0.3) is 0 Å². The Kier molecular flexibility index (Phi) is 5.78. The summed E-state index contributed by atoms with van der Waals surface area (Å²) in [7, 11) is 0. The molecule has 0 saturated heterocycles. The van der Waals surface area contributed by atoms with Gasteiger partial charge >= 0.3 is 0 Å². The Morgan fingerprint density at radius 1 is 1.35 bits per heavy atom. The second-order valence-corrected chi connectivity index (χ2v) is 7.94. The van der Waals surface area contributed by atoms with Gasteiger partial charge in [-0.3, -0.25) is 4.79 Å². The highest BCUT2D eigenvalue weighted by Crippen LogP contribution is 2.29. The first-order valence-electron chi connectivity index (χ1n) is 8.19. The number of rotatable bonds is 6. The number of carbonyl (C=O) groups is 1. The van der Waals surface area contributed by atoms with Gasteiger partial charge < -0.3 is 9.88 Å². The first-order valence-corrected chi connectivity index (χ1v) is 10.4. The summed E-state index contributed by atoms with van der Waals surface area (Å²) in [5, 5.41) is 3.82. The maximum Gasteiger partial charge on any atom is 0.249 e. The highest BCUT2D eigenvalue weighted by atomic mass is 32.2. The van der Waals surface area contributed by atoms with Crippen LogP contribution in [0.3, 0.4) is 0 Å². The van der Waals surface area contributed by atoms with E-state index in [1.165, 1.54) is 29.8 Å². The van der Waals surface area contributed by atoms with Crippen LogP contribution in [0, 0.1) is 0 Å². The second kappa shape index (κ2) is 8.02. The predicted molar refractivity (Wildman–Crippen MR) is 98.5 cm³/mol. The average Bonchev–Trinajstić information content (AvgIpc) is 3.14. The minimum atomic E-state index is -0.166. The van der Waals surface area contributed by atoms with Crippen LogP contribution in [0.2, 0.25) is 0 Å². The van der Waals surface area contributed by atoms with Crippen LogP contribution in [-0.4, -0.2) is 27.5 Å². The van der Waals surface area contributed by atoms with E-state index in [9.17, 15) is 4.79 Å². The molecule has 2 aromatic heterocycles. The number of hydrogen-bond donors (Lipinski definition) is 1. The molecule has 2 heterocycles. The normalized spacial score (nSPS) is 15.7. The molecule has 1 N–H and O–H groups in total. The third-order valence-corrected chi connectivity index (χ3v) is 5.93. The van der Waals surface area contributed by atoms with Gasteiger partial charge in [0.2, 0.25) is 5.91 Å². The van der Waals surface area contributed by atoms with Crippen LogP contribution in [0.4, 0.5) is 5.13 Å².